The van der Waals surface area contributed by atoms with Gasteiger partial charge in [-0.1, -0.05) is 45.7 Å². The first-order valence-corrected chi connectivity index (χ1v) is 9.36. The number of carbonyl (C=O) groups excluding carboxylic acids is 1. The van der Waals surface area contributed by atoms with E-state index in [1.165, 1.54) is 12.8 Å². The molecule has 0 heterocycles. The Morgan fingerprint density at radius 1 is 1.15 bits per heavy atom. The number of hydrogen-bond acceptors (Lipinski definition) is 2. The number of nitrogens with one attached hydrogen (secondary N) is 2. The van der Waals surface area contributed by atoms with Gasteiger partial charge < -0.3 is 16.4 Å². The van der Waals surface area contributed by atoms with Gasteiger partial charge in [0.05, 0.1) is 6.54 Å². The Morgan fingerprint density at radius 3 is 2.38 bits per heavy atom. The number of nitrogens with two attached hydrogens (primary N) is 1. The summed E-state index contributed by atoms with van der Waals surface area (Å²) in [4.78, 5) is 16.0. The summed E-state index contributed by atoms with van der Waals surface area (Å²) in [5.41, 5.74) is 7.84. The fourth-order valence-electron chi connectivity index (χ4n) is 2.52. The van der Waals surface area contributed by atoms with Gasteiger partial charge in [-0.3, -0.25) is 4.79 Å². The molecule has 148 valence electrons. The van der Waals surface area contributed by atoms with E-state index in [2.05, 4.69) is 36.4 Å². The van der Waals surface area contributed by atoms with Crippen LogP contribution in [0.3, 0.4) is 0 Å². The van der Waals surface area contributed by atoms with Crippen molar-refractivity contribution >= 4 is 41.5 Å². The molecule has 0 aliphatic carbocycles. The summed E-state index contributed by atoms with van der Waals surface area (Å²) in [6.45, 7) is 9.14. The lowest BCUT2D eigenvalue weighted by molar-refractivity contribution is -0.116. The molecule has 1 atom stereocenters. The predicted octanol–water partition coefficient (Wildman–Crippen LogP) is 4.66. The summed E-state index contributed by atoms with van der Waals surface area (Å²) in [6, 6.07) is 8.06. The van der Waals surface area contributed by atoms with Gasteiger partial charge in [-0.05, 0) is 43.4 Å². The number of rotatable bonds is 10. The molecule has 1 rings (SSSR count). The topological polar surface area (TPSA) is 79.5 Å². The minimum Gasteiger partial charge on any atom is -0.370 e. The lowest BCUT2D eigenvalue weighted by atomic mass is 10.0. The molecule has 4 N–H and O–H groups in total. The molecule has 1 amide bonds. The first-order chi connectivity index (χ1) is 11.9. The molecule has 0 aliphatic rings. The van der Waals surface area contributed by atoms with Gasteiger partial charge in [-0.2, -0.15) is 0 Å². The van der Waals surface area contributed by atoms with E-state index in [0.717, 1.165) is 30.0 Å². The van der Waals surface area contributed by atoms with Crippen LogP contribution in [0, 0.1) is 5.92 Å². The number of amides is 1. The second-order valence-corrected chi connectivity index (χ2v) is 7.07. The molecule has 5 nitrogen and oxygen atoms in total. The van der Waals surface area contributed by atoms with Crippen LogP contribution in [0.25, 0.3) is 0 Å². The Kier molecular flexibility index (Phi) is 13.1. The second kappa shape index (κ2) is 13.8. The summed E-state index contributed by atoms with van der Waals surface area (Å²) in [6.07, 6.45) is 4.93. The van der Waals surface area contributed by atoms with Gasteiger partial charge in [0.15, 0.2) is 5.96 Å². The van der Waals surface area contributed by atoms with E-state index in [-0.39, 0.29) is 29.9 Å². The van der Waals surface area contributed by atoms with Gasteiger partial charge in [0.1, 0.15) is 0 Å². The highest BCUT2D eigenvalue weighted by molar-refractivity contribution is 14.0. The molecular formula is C20H35IN4O. The molecule has 0 spiro atoms. The number of carbonyl (C=O) groups is 1. The molecular weight excluding hydrogens is 439 g/mol. The first kappa shape index (κ1) is 24.7. The molecule has 6 heteroatoms. The predicted molar refractivity (Wildman–Crippen MR) is 122 cm³/mol. The average Bonchev–Trinajstić information content (AvgIpc) is 2.54. The molecule has 0 radical (unpaired) electrons. The van der Waals surface area contributed by atoms with Crippen molar-refractivity contribution in [3.05, 3.63) is 29.8 Å². The lowest BCUT2D eigenvalue weighted by Gasteiger charge is -2.15. The number of aliphatic imine (C=N–C) groups is 1. The number of guanidine groups is 1. The van der Waals surface area contributed by atoms with Crippen molar-refractivity contribution in [2.75, 3.05) is 5.32 Å². The van der Waals surface area contributed by atoms with Crippen LogP contribution < -0.4 is 16.4 Å². The normalized spacial score (nSPS) is 12.4. The number of anilines is 1. The molecule has 0 saturated heterocycles. The van der Waals surface area contributed by atoms with E-state index >= 15 is 0 Å². The van der Waals surface area contributed by atoms with Gasteiger partial charge in [0.2, 0.25) is 5.91 Å². The van der Waals surface area contributed by atoms with Gasteiger partial charge in [0, 0.05) is 18.2 Å². The van der Waals surface area contributed by atoms with Crippen LogP contribution in [0.1, 0.15) is 65.4 Å². The smallest absolute Gasteiger partial charge is 0.224 e. The molecule has 0 fully saturated rings. The zero-order chi connectivity index (χ0) is 18.7. The number of halogens is 1. The fraction of sp³-hybridized carbons (Fsp3) is 0.600. The van der Waals surface area contributed by atoms with E-state index < -0.39 is 0 Å². The minimum absolute atomic E-state index is 0. The standard InChI is InChI=1S/C20H34N4O.HI/c1-5-7-19(25)24-18-12-10-17(11-13-18)14-22-20(21)23-16(4)9-6-8-15(2)3;/h10-13,15-16H,5-9,14H2,1-4H3,(H,24,25)(H3,21,22,23);1H. The second-order valence-electron chi connectivity index (χ2n) is 7.07. The average molecular weight is 474 g/mol. The van der Waals surface area contributed by atoms with E-state index in [4.69, 9.17) is 5.73 Å². The minimum atomic E-state index is 0. The van der Waals surface area contributed by atoms with Crippen LogP contribution in [0.2, 0.25) is 0 Å². The van der Waals surface area contributed by atoms with Crippen molar-refractivity contribution in [3.8, 4) is 0 Å². The molecule has 0 aliphatic heterocycles. The van der Waals surface area contributed by atoms with Crippen molar-refractivity contribution in [3.63, 3.8) is 0 Å². The zero-order valence-corrected chi connectivity index (χ0v) is 18.9. The number of hydrogen-bond donors (Lipinski definition) is 3. The van der Waals surface area contributed by atoms with Gasteiger partial charge in [0.25, 0.3) is 0 Å². The third kappa shape index (κ3) is 11.3. The Bertz CT molecular complexity index is 543. The van der Waals surface area contributed by atoms with E-state index in [1.54, 1.807) is 0 Å². The Balaban J connectivity index is 0.00000625. The summed E-state index contributed by atoms with van der Waals surface area (Å²) in [5.74, 6) is 1.28. The number of nitrogens with zero attached hydrogens (tertiary/aromatic N) is 1. The molecule has 0 saturated carbocycles. The third-order valence-electron chi connectivity index (χ3n) is 3.96. The summed E-state index contributed by atoms with van der Waals surface area (Å²) in [7, 11) is 0. The molecule has 0 aromatic heterocycles. The van der Waals surface area contributed by atoms with E-state index in [9.17, 15) is 4.79 Å². The van der Waals surface area contributed by atoms with Crippen LogP contribution >= 0.6 is 24.0 Å². The van der Waals surface area contributed by atoms with Gasteiger partial charge in [-0.25, -0.2) is 4.99 Å². The lowest BCUT2D eigenvalue weighted by Crippen LogP contribution is -2.38. The highest BCUT2D eigenvalue weighted by Gasteiger charge is 2.04. The molecule has 26 heavy (non-hydrogen) atoms. The summed E-state index contributed by atoms with van der Waals surface area (Å²) >= 11 is 0. The maximum Gasteiger partial charge on any atom is 0.224 e. The Hall–Kier alpha value is -1.31. The van der Waals surface area contributed by atoms with Crippen LogP contribution in [0.5, 0.6) is 0 Å². The van der Waals surface area contributed by atoms with E-state index in [1.807, 2.05) is 31.2 Å². The van der Waals surface area contributed by atoms with Crippen LogP contribution in [-0.4, -0.2) is 17.9 Å². The highest BCUT2D eigenvalue weighted by Crippen LogP contribution is 2.11. The first-order valence-electron chi connectivity index (χ1n) is 9.36. The van der Waals surface area contributed by atoms with Crippen molar-refractivity contribution in [1.29, 1.82) is 0 Å². The van der Waals surface area contributed by atoms with Gasteiger partial charge in [-0.15, -0.1) is 24.0 Å². The molecule has 1 aromatic carbocycles. The summed E-state index contributed by atoms with van der Waals surface area (Å²) < 4.78 is 0. The van der Waals surface area contributed by atoms with Crippen molar-refractivity contribution < 1.29 is 4.79 Å². The molecule has 0 bridgehead atoms. The Morgan fingerprint density at radius 2 is 1.81 bits per heavy atom. The number of benzene rings is 1. The third-order valence-corrected chi connectivity index (χ3v) is 3.96. The fourth-order valence-corrected chi connectivity index (χ4v) is 2.52. The van der Waals surface area contributed by atoms with Crippen molar-refractivity contribution in [2.24, 2.45) is 16.6 Å². The maximum absolute atomic E-state index is 11.6. The van der Waals surface area contributed by atoms with Crippen LogP contribution in [0.4, 0.5) is 5.69 Å². The van der Waals surface area contributed by atoms with Crippen LogP contribution in [-0.2, 0) is 11.3 Å². The molecule has 1 aromatic rings. The van der Waals surface area contributed by atoms with Crippen molar-refractivity contribution in [1.82, 2.24) is 5.32 Å². The van der Waals surface area contributed by atoms with Crippen LogP contribution in [0.15, 0.2) is 29.3 Å². The van der Waals surface area contributed by atoms with E-state index in [0.29, 0.717) is 25.0 Å². The maximum atomic E-state index is 11.6. The monoisotopic (exact) mass is 474 g/mol. The zero-order valence-electron chi connectivity index (χ0n) is 16.5. The summed E-state index contributed by atoms with van der Waals surface area (Å²) in [5, 5.41) is 6.12. The largest absolute Gasteiger partial charge is 0.370 e. The highest BCUT2D eigenvalue weighted by atomic mass is 127. The SMILES string of the molecule is CCCC(=O)Nc1ccc(CN=C(N)NC(C)CCCC(C)C)cc1.I. The molecule has 1 unspecified atom stereocenters. The quantitative estimate of drug-likeness (QED) is 0.262. The Labute approximate surface area is 175 Å². The van der Waals surface area contributed by atoms with Crippen molar-refractivity contribution in [2.45, 2.75) is 72.4 Å². The van der Waals surface area contributed by atoms with Gasteiger partial charge >= 0.3 is 0 Å².